The fraction of sp³-hybridized carbons (Fsp3) is 0.536. The number of hydrogen-bond donors (Lipinski definition) is 0. The van der Waals surface area contributed by atoms with E-state index in [9.17, 15) is 0 Å². The summed E-state index contributed by atoms with van der Waals surface area (Å²) in [6.07, 6.45) is 4.12. The molecule has 7 heteroatoms. The van der Waals surface area contributed by atoms with Crippen molar-refractivity contribution in [1.82, 2.24) is 14.1 Å². The molecular formula is C28H40N3O4+. The highest BCUT2D eigenvalue weighted by molar-refractivity contribution is 5.82. The van der Waals surface area contributed by atoms with Crippen molar-refractivity contribution >= 4 is 11.2 Å². The topological polar surface area (TPSA) is 54.2 Å². The van der Waals surface area contributed by atoms with Gasteiger partial charge in [-0.15, -0.1) is 0 Å². The number of benzene rings is 1. The normalized spacial score (nSPS) is 16.4. The maximum absolute atomic E-state index is 5.85. The van der Waals surface area contributed by atoms with E-state index in [1.54, 1.807) is 21.3 Å². The minimum atomic E-state index is 0.487. The zero-order valence-corrected chi connectivity index (χ0v) is 22.1. The molecule has 1 atom stereocenters. The van der Waals surface area contributed by atoms with Crippen LogP contribution in [0.5, 0.6) is 11.5 Å². The van der Waals surface area contributed by atoms with E-state index < -0.39 is 0 Å². The molecule has 0 radical (unpaired) electrons. The quantitative estimate of drug-likeness (QED) is 0.369. The SMILES string of the molecule is CCC[N+](C)(c1c(CC)nn2c(-c3c(OC)cc(COC)cc3OC)cccc12)C1CCOCC1. The molecule has 3 heterocycles. The second kappa shape index (κ2) is 11.0. The number of hydrogen-bond acceptors (Lipinski definition) is 5. The molecule has 7 nitrogen and oxygen atoms in total. The van der Waals surface area contributed by atoms with Crippen LogP contribution in [0.3, 0.4) is 0 Å². The summed E-state index contributed by atoms with van der Waals surface area (Å²) < 4.78 is 25.8. The van der Waals surface area contributed by atoms with Crippen LogP contribution in [-0.2, 0) is 22.5 Å². The average Bonchev–Trinajstić information content (AvgIpc) is 3.28. The Balaban J connectivity index is 1.96. The molecule has 190 valence electrons. The van der Waals surface area contributed by atoms with Gasteiger partial charge in [0.25, 0.3) is 0 Å². The Kier molecular flexibility index (Phi) is 7.99. The lowest BCUT2D eigenvalue weighted by Gasteiger charge is -2.42. The lowest BCUT2D eigenvalue weighted by Crippen LogP contribution is -2.56. The minimum Gasteiger partial charge on any atom is -0.496 e. The highest BCUT2D eigenvalue weighted by atomic mass is 16.5. The largest absolute Gasteiger partial charge is 0.496 e. The summed E-state index contributed by atoms with van der Waals surface area (Å²) in [5.41, 5.74) is 6.47. The van der Waals surface area contributed by atoms with Crippen molar-refractivity contribution < 1.29 is 18.9 Å². The molecule has 3 aromatic rings. The van der Waals surface area contributed by atoms with Gasteiger partial charge in [0.1, 0.15) is 22.7 Å². The fourth-order valence-corrected chi connectivity index (χ4v) is 5.75. The van der Waals surface area contributed by atoms with Crippen LogP contribution >= 0.6 is 0 Å². The zero-order chi connectivity index (χ0) is 25.0. The molecule has 4 rings (SSSR count). The Bertz CT molecular complexity index is 1130. The molecule has 0 N–H and O–H groups in total. The number of aromatic nitrogens is 2. The van der Waals surface area contributed by atoms with E-state index in [1.165, 1.54) is 5.69 Å². The van der Waals surface area contributed by atoms with E-state index in [4.69, 9.17) is 24.0 Å². The van der Waals surface area contributed by atoms with E-state index in [0.717, 1.165) is 89.5 Å². The van der Waals surface area contributed by atoms with Crippen molar-refractivity contribution in [3.8, 4) is 22.8 Å². The van der Waals surface area contributed by atoms with Crippen molar-refractivity contribution in [2.24, 2.45) is 0 Å². The van der Waals surface area contributed by atoms with Crippen molar-refractivity contribution in [3.05, 3.63) is 41.6 Å². The third-order valence-electron chi connectivity index (χ3n) is 7.36. The van der Waals surface area contributed by atoms with Crippen molar-refractivity contribution in [3.63, 3.8) is 0 Å². The zero-order valence-electron chi connectivity index (χ0n) is 22.1. The molecular weight excluding hydrogens is 442 g/mol. The second-order valence-electron chi connectivity index (χ2n) is 9.50. The van der Waals surface area contributed by atoms with Gasteiger partial charge < -0.3 is 18.9 Å². The van der Waals surface area contributed by atoms with Gasteiger partial charge in [0, 0.05) is 20.0 Å². The van der Waals surface area contributed by atoms with Crippen LogP contribution in [0.15, 0.2) is 30.3 Å². The van der Waals surface area contributed by atoms with Gasteiger partial charge in [-0.3, -0.25) is 4.48 Å². The summed E-state index contributed by atoms with van der Waals surface area (Å²) in [5, 5.41) is 5.19. The van der Waals surface area contributed by atoms with Crippen LogP contribution in [0.1, 0.15) is 44.4 Å². The molecule has 0 bridgehead atoms. The third-order valence-corrected chi connectivity index (χ3v) is 7.36. The molecule has 1 unspecified atom stereocenters. The van der Waals surface area contributed by atoms with E-state index in [0.29, 0.717) is 12.6 Å². The number of quaternary nitrogens is 1. The lowest BCUT2D eigenvalue weighted by molar-refractivity contribution is 0.0449. The number of nitrogens with zero attached hydrogens (tertiary/aromatic N) is 3. The van der Waals surface area contributed by atoms with Gasteiger partial charge in [-0.1, -0.05) is 19.9 Å². The van der Waals surface area contributed by atoms with Crippen LogP contribution in [0.25, 0.3) is 16.8 Å². The number of fused-ring (bicyclic) bond motifs is 1. The molecule has 1 aromatic carbocycles. The van der Waals surface area contributed by atoms with Crippen molar-refractivity contribution in [2.75, 3.05) is 48.1 Å². The molecule has 2 aromatic heterocycles. The molecule has 35 heavy (non-hydrogen) atoms. The Morgan fingerprint density at radius 2 is 1.74 bits per heavy atom. The lowest BCUT2D eigenvalue weighted by atomic mass is 10.0. The fourth-order valence-electron chi connectivity index (χ4n) is 5.75. The molecule has 1 aliphatic heterocycles. The van der Waals surface area contributed by atoms with Crippen LogP contribution in [0.2, 0.25) is 0 Å². The van der Waals surface area contributed by atoms with Gasteiger partial charge >= 0.3 is 0 Å². The van der Waals surface area contributed by atoms with Crippen LogP contribution in [-0.4, -0.2) is 63.8 Å². The molecule has 1 fully saturated rings. The van der Waals surface area contributed by atoms with Crippen molar-refractivity contribution in [1.29, 1.82) is 0 Å². The van der Waals surface area contributed by atoms with Gasteiger partial charge in [0.2, 0.25) is 0 Å². The number of rotatable bonds is 10. The first-order chi connectivity index (χ1) is 17.0. The van der Waals surface area contributed by atoms with Gasteiger partial charge in [-0.05, 0) is 42.7 Å². The summed E-state index contributed by atoms with van der Waals surface area (Å²) in [6, 6.07) is 11.0. The van der Waals surface area contributed by atoms with Gasteiger partial charge in [-0.25, -0.2) is 4.52 Å². The number of pyridine rings is 1. The number of methoxy groups -OCH3 is 3. The maximum atomic E-state index is 5.85. The smallest absolute Gasteiger partial charge is 0.182 e. The summed E-state index contributed by atoms with van der Waals surface area (Å²) in [6.45, 7) is 7.69. The molecule has 1 saturated heterocycles. The van der Waals surface area contributed by atoms with Crippen LogP contribution in [0, 0.1) is 0 Å². The summed E-state index contributed by atoms with van der Waals surface area (Å²) in [4.78, 5) is 0. The highest BCUT2D eigenvalue weighted by Gasteiger charge is 2.40. The predicted molar refractivity (Wildman–Crippen MR) is 141 cm³/mol. The van der Waals surface area contributed by atoms with Crippen LogP contribution < -0.4 is 14.0 Å². The molecule has 0 saturated carbocycles. The van der Waals surface area contributed by atoms with Gasteiger partial charge in [0.05, 0.1) is 64.9 Å². The molecule has 1 aliphatic rings. The monoisotopic (exact) mass is 482 g/mol. The first-order valence-corrected chi connectivity index (χ1v) is 12.7. The first-order valence-electron chi connectivity index (χ1n) is 12.7. The van der Waals surface area contributed by atoms with Gasteiger partial charge in [-0.2, -0.15) is 5.10 Å². The Labute approximate surface area is 209 Å². The number of ether oxygens (including phenoxy) is 4. The molecule has 0 aliphatic carbocycles. The van der Waals surface area contributed by atoms with E-state index in [1.807, 2.05) is 12.1 Å². The van der Waals surface area contributed by atoms with Crippen molar-refractivity contribution in [2.45, 2.75) is 52.2 Å². The third kappa shape index (κ3) is 4.65. The van der Waals surface area contributed by atoms with E-state index in [-0.39, 0.29) is 0 Å². The maximum Gasteiger partial charge on any atom is 0.182 e. The predicted octanol–water partition coefficient (Wildman–Crippen LogP) is 5.25. The van der Waals surface area contributed by atoms with Gasteiger partial charge in [0.15, 0.2) is 5.69 Å². The summed E-state index contributed by atoms with van der Waals surface area (Å²) in [5.74, 6) is 1.49. The van der Waals surface area contributed by atoms with Crippen LogP contribution in [0.4, 0.5) is 5.69 Å². The minimum absolute atomic E-state index is 0.487. The second-order valence-corrected chi connectivity index (χ2v) is 9.50. The standard InChI is InChI=1S/C28H40N3O4/c1-7-14-31(3,21-12-15-35-16-13-21)28-22(8-2)29-30-23(10-9-11-24(28)30)27-25(33-5)17-20(19-32-4)18-26(27)34-6/h9-11,17-18,21H,7-8,12-16,19H2,1-6H3/q+1. The first kappa shape index (κ1) is 25.5. The highest BCUT2D eigenvalue weighted by Crippen LogP contribution is 2.43. The van der Waals surface area contributed by atoms with E-state index >= 15 is 0 Å². The Hall–Kier alpha value is -2.61. The number of aryl methyl sites for hydroxylation is 1. The summed E-state index contributed by atoms with van der Waals surface area (Å²) in [7, 11) is 7.47. The molecule has 0 amide bonds. The average molecular weight is 483 g/mol. The summed E-state index contributed by atoms with van der Waals surface area (Å²) >= 11 is 0. The Morgan fingerprint density at radius 1 is 1.06 bits per heavy atom. The van der Waals surface area contributed by atoms with E-state index in [2.05, 4.69) is 43.6 Å². The Morgan fingerprint density at radius 3 is 2.31 bits per heavy atom. The molecule has 0 spiro atoms.